The van der Waals surface area contributed by atoms with Gasteiger partial charge in [0.15, 0.2) is 0 Å². The fourth-order valence-electron chi connectivity index (χ4n) is 1.36. The van der Waals surface area contributed by atoms with Gasteiger partial charge in [-0.25, -0.2) is 9.97 Å². The van der Waals surface area contributed by atoms with Crippen molar-refractivity contribution in [3.8, 4) is 0 Å². The first-order chi connectivity index (χ1) is 6.58. The minimum Gasteiger partial charge on any atom is -0.393 e. The lowest BCUT2D eigenvalue weighted by Crippen LogP contribution is -2.15. The highest BCUT2D eigenvalue weighted by Gasteiger charge is 2.09. The molecule has 0 amide bonds. The minimum absolute atomic E-state index is 0.322. The van der Waals surface area contributed by atoms with E-state index in [4.69, 9.17) is 0 Å². The highest BCUT2D eigenvalue weighted by atomic mass is 16.3. The average molecular weight is 194 g/mol. The van der Waals surface area contributed by atoms with E-state index < -0.39 is 0 Å². The van der Waals surface area contributed by atoms with Crippen molar-refractivity contribution >= 4 is 0 Å². The van der Waals surface area contributed by atoms with Crippen molar-refractivity contribution in [2.24, 2.45) is 5.92 Å². The van der Waals surface area contributed by atoms with Gasteiger partial charge in [0.25, 0.3) is 0 Å². The summed E-state index contributed by atoms with van der Waals surface area (Å²) in [6.07, 6.45) is 4.60. The molecular weight excluding hydrogens is 176 g/mol. The molecule has 3 heteroatoms. The zero-order chi connectivity index (χ0) is 10.6. The van der Waals surface area contributed by atoms with Gasteiger partial charge >= 0.3 is 0 Å². The number of hydrogen-bond donors (Lipinski definition) is 1. The van der Waals surface area contributed by atoms with Crippen molar-refractivity contribution in [2.45, 2.75) is 39.7 Å². The predicted octanol–water partition coefficient (Wildman–Crippen LogP) is 1.73. The Bertz CT molecular complexity index is 269. The molecule has 0 saturated carbocycles. The molecule has 1 aromatic heterocycles. The van der Waals surface area contributed by atoms with Crippen molar-refractivity contribution in [2.75, 3.05) is 0 Å². The lowest BCUT2D eigenvalue weighted by molar-refractivity contribution is 0.147. The normalized spacial score (nSPS) is 13.2. The molecule has 0 radical (unpaired) electrons. The van der Waals surface area contributed by atoms with E-state index in [-0.39, 0.29) is 6.10 Å². The van der Waals surface area contributed by atoms with Crippen LogP contribution in [0, 0.1) is 12.8 Å². The molecule has 0 aromatic carbocycles. The number of aliphatic hydroxyl groups is 1. The van der Waals surface area contributed by atoms with Crippen molar-refractivity contribution < 1.29 is 5.11 Å². The Balaban J connectivity index is 2.47. The Morgan fingerprint density at radius 3 is 2.36 bits per heavy atom. The monoisotopic (exact) mass is 194 g/mol. The van der Waals surface area contributed by atoms with Crippen LogP contribution in [0.25, 0.3) is 0 Å². The molecule has 1 rings (SSSR count). The van der Waals surface area contributed by atoms with Gasteiger partial charge in [-0.15, -0.1) is 0 Å². The Hall–Kier alpha value is -0.960. The summed E-state index contributed by atoms with van der Waals surface area (Å²) >= 11 is 0. The number of nitrogens with zero attached hydrogens (tertiary/aromatic N) is 2. The van der Waals surface area contributed by atoms with E-state index in [1.807, 2.05) is 6.92 Å². The zero-order valence-electron chi connectivity index (χ0n) is 9.07. The molecule has 0 fully saturated rings. The summed E-state index contributed by atoms with van der Waals surface area (Å²) in [4.78, 5) is 8.31. The van der Waals surface area contributed by atoms with E-state index >= 15 is 0 Å². The summed E-state index contributed by atoms with van der Waals surface area (Å²) in [5.74, 6) is 1.24. The fourth-order valence-corrected chi connectivity index (χ4v) is 1.36. The molecule has 1 N–H and O–H groups in total. The van der Waals surface area contributed by atoms with Crippen molar-refractivity contribution in [3.63, 3.8) is 0 Å². The van der Waals surface area contributed by atoms with Crippen LogP contribution in [0.5, 0.6) is 0 Å². The van der Waals surface area contributed by atoms with Crippen LogP contribution in [0.15, 0.2) is 12.4 Å². The molecule has 1 unspecified atom stereocenters. The smallest absolute Gasteiger partial charge is 0.130 e. The second-order valence-electron chi connectivity index (χ2n) is 4.16. The maximum absolute atomic E-state index is 9.66. The molecule has 0 saturated heterocycles. The number of hydrogen-bond acceptors (Lipinski definition) is 3. The second-order valence-corrected chi connectivity index (χ2v) is 4.16. The minimum atomic E-state index is -0.322. The second kappa shape index (κ2) is 5.05. The number of rotatable bonds is 4. The van der Waals surface area contributed by atoms with E-state index in [2.05, 4.69) is 23.8 Å². The topological polar surface area (TPSA) is 46.0 Å². The predicted molar refractivity (Wildman–Crippen MR) is 55.9 cm³/mol. The quantitative estimate of drug-likeness (QED) is 0.794. The van der Waals surface area contributed by atoms with E-state index in [0.29, 0.717) is 12.3 Å². The summed E-state index contributed by atoms with van der Waals surface area (Å²) in [5.41, 5.74) is 1.05. The van der Waals surface area contributed by atoms with Crippen LogP contribution in [0.4, 0.5) is 0 Å². The Labute approximate surface area is 85.2 Å². The molecule has 0 aliphatic carbocycles. The third-order valence-corrected chi connectivity index (χ3v) is 2.00. The van der Waals surface area contributed by atoms with Crippen LogP contribution in [-0.2, 0) is 6.42 Å². The third-order valence-electron chi connectivity index (χ3n) is 2.00. The highest BCUT2D eigenvalue weighted by molar-refractivity contribution is 5.02. The standard InChI is InChI=1S/C11H18N2O/c1-8(2)4-10(14)5-11-12-6-9(3)7-13-11/h6-8,10,14H,4-5H2,1-3H3. The van der Waals surface area contributed by atoms with Gasteiger partial charge in [-0.2, -0.15) is 0 Å². The van der Waals surface area contributed by atoms with Gasteiger partial charge in [0.05, 0.1) is 6.10 Å². The summed E-state index contributed by atoms with van der Waals surface area (Å²) in [5, 5.41) is 9.66. The SMILES string of the molecule is Cc1cnc(CC(O)CC(C)C)nc1. The molecule has 78 valence electrons. The van der Waals surface area contributed by atoms with Crippen molar-refractivity contribution in [3.05, 3.63) is 23.8 Å². The number of aromatic nitrogens is 2. The third kappa shape index (κ3) is 3.83. The average Bonchev–Trinajstić information content (AvgIpc) is 2.07. The first-order valence-corrected chi connectivity index (χ1v) is 5.03. The van der Waals surface area contributed by atoms with Gasteiger partial charge in [0, 0.05) is 18.8 Å². The number of aryl methyl sites for hydroxylation is 1. The van der Waals surface area contributed by atoms with Crippen LogP contribution in [0.2, 0.25) is 0 Å². The molecule has 1 aromatic rings. The number of aliphatic hydroxyl groups excluding tert-OH is 1. The van der Waals surface area contributed by atoms with Gasteiger partial charge in [0.1, 0.15) is 5.82 Å². The lowest BCUT2D eigenvalue weighted by Gasteiger charge is -2.11. The van der Waals surface area contributed by atoms with Crippen LogP contribution in [-0.4, -0.2) is 21.2 Å². The van der Waals surface area contributed by atoms with Gasteiger partial charge < -0.3 is 5.11 Å². The molecule has 1 heterocycles. The zero-order valence-corrected chi connectivity index (χ0v) is 9.07. The van der Waals surface area contributed by atoms with Gasteiger partial charge in [-0.05, 0) is 24.8 Å². The summed E-state index contributed by atoms with van der Waals surface area (Å²) in [6, 6.07) is 0. The van der Waals surface area contributed by atoms with E-state index in [1.54, 1.807) is 12.4 Å². The van der Waals surface area contributed by atoms with Crippen LogP contribution in [0.1, 0.15) is 31.7 Å². The van der Waals surface area contributed by atoms with Crippen molar-refractivity contribution in [1.29, 1.82) is 0 Å². The highest BCUT2D eigenvalue weighted by Crippen LogP contribution is 2.08. The Morgan fingerprint density at radius 2 is 1.86 bits per heavy atom. The Kier molecular flexibility index (Phi) is 4.01. The molecule has 0 bridgehead atoms. The van der Waals surface area contributed by atoms with Gasteiger partial charge in [-0.1, -0.05) is 13.8 Å². The van der Waals surface area contributed by atoms with Gasteiger partial charge in [-0.3, -0.25) is 0 Å². The largest absolute Gasteiger partial charge is 0.393 e. The molecule has 1 atom stereocenters. The summed E-state index contributed by atoms with van der Waals surface area (Å²) < 4.78 is 0. The van der Waals surface area contributed by atoms with Crippen molar-refractivity contribution in [1.82, 2.24) is 9.97 Å². The van der Waals surface area contributed by atoms with Crippen LogP contribution in [0.3, 0.4) is 0 Å². The maximum Gasteiger partial charge on any atom is 0.130 e. The summed E-state index contributed by atoms with van der Waals surface area (Å²) in [7, 11) is 0. The molecule has 14 heavy (non-hydrogen) atoms. The lowest BCUT2D eigenvalue weighted by atomic mass is 10.0. The molecule has 3 nitrogen and oxygen atoms in total. The first kappa shape index (κ1) is 11.1. The van der Waals surface area contributed by atoms with Crippen LogP contribution < -0.4 is 0 Å². The van der Waals surface area contributed by atoms with E-state index in [0.717, 1.165) is 17.8 Å². The molecule has 0 aliphatic rings. The molecular formula is C11H18N2O. The maximum atomic E-state index is 9.66. The summed E-state index contributed by atoms with van der Waals surface area (Å²) in [6.45, 7) is 6.15. The molecule has 0 spiro atoms. The van der Waals surface area contributed by atoms with E-state index in [9.17, 15) is 5.11 Å². The van der Waals surface area contributed by atoms with Gasteiger partial charge in [0.2, 0.25) is 0 Å². The first-order valence-electron chi connectivity index (χ1n) is 5.03. The molecule has 0 aliphatic heterocycles. The Morgan fingerprint density at radius 1 is 1.29 bits per heavy atom. The van der Waals surface area contributed by atoms with E-state index in [1.165, 1.54) is 0 Å². The van der Waals surface area contributed by atoms with Crippen LogP contribution >= 0.6 is 0 Å². The fraction of sp³-hybridized carbons (Fsp3) is 0.636.